The Labute approximate surface area is 205 Å². The molecular weight excluding hydrogens is 466 g/mol. The number of nitro benzene ring substituents is 1. The predicted octanol–water partition coefficient (Wildman–Crippen LogP) is 5.64. The van der Waals surface area contributed by atoms with E-state index >= 15 is 0 Å². The van der Waals surface area contributed by atoms with Crippen molar-refractivity contribution in [3.63, 3.8) is 0 Å². The third-order valence-electron chi connectivity index (χ3n) is 5.33. The van der Waals surface area contributed by atoms with Gasteiger partial charge in [-0.05, 0) is 24.6 Å². The van der Waals surface area contributed by atoms with Gasteiger partial charge >= 0.3 is 0 Å². The van der Waals surface area contributed by atoms with Crippen molar-refractivity contribution in [1.82, 2.24) is 15.2 Å². The van der Waals surface area contributed by atoms with Crippen LogP contribution in [-0.4, -0.2) is 26.7 Å². The highest BCUT2D eigenvalue weighted by Crippen LogP contribution is 2.42. The van der Waals surface area contributed by atoms with Crippen molar-refractivity contribution in [3.05, 3.63) is 94.0 Å². The molecule has 1 atom stereocenters. The summed E-state index contributed by atoms with van der Waals surface area (Å²) in [5.41, 5.74) is 3.56. The number of nitrogens with zero attached hydrogens (tertiary/aromatic N) is 4. The minimum Gasteiger partial charge on any atom is -0.493 e. The summed E-state index contributed by atoms with van der Waals surface area (Å²) in [4.78, 5) is 15.7. The molecule has 1 aliphatic rings. The van der Waals surface area contributed by atoms with E-state index in [4.69, 9.17) is 9.47 Å². The standard InChI is InChI=1S/C25H21N5O4S/c1-2-33-21-13-12-17(30(31)32)14-19(21)23-26-20-11-7-6-10-18(20)22-24(34-23)27-25(29-28-22)35-15-16-8-4-3-5-9-16/h3-14,23,26H,2,15H2,1H3. The lowest BCUT2D eigenvalue weighted by Crippen LogP contribution is -2.18. The van der Waals surface area contributed by atoms with Crippen LogP contribution in [0.4, 0.5) is 11.4 Å². The lowest BCUT2D eigenvalue weighted by molar-refractivity contribution is -0.385. The van der Waals surface area contributed by atoms with Crippen LogP contribution in [0.1, 0.15) is 24.3 Å². The van der Waals surface area contributed by atoms with Gasteiger partial charge in [0.15, 0.2) is 5.69 Å². The molecule has 1 aromatic heterocycles. The molecule has 4 aromatic rings. The van der Waals surface area contributed by atoms with Gasteiger partial charge in [-0.25, -0.2) is 0 Å². The average molecular weight is 488 g/mol. The molecule has 1 N–H and O–H groups in total. The van der Waals surface area contributed by atoms with E-state index in [1.807, 2.05) is 61.5 Å². The van der Waals surface area contributed by atoms with Crippen molar-refractivity contribution < 1.29 is 14.4 Å². The van der Waals surface area contributed by atoms with Crippen LogP contribution in [0, 0.1) is 10.1 Å². The first kappa shape index (κ1) is 22.6. The fourth-order valence-corrected chi connectivity index (χ4v) is 4.45. The molecule has 0 bridgehead atoms. The summed E-state index contributed by atoms with van der Waals surface area (Å²) in [5.74, 6) is 1.45. The summed E-state index contributed by atoms with van der Waals surface area (Å²) in [6.07, 6.45) is -0.803. The number of nitrogens with one attached hydrogen (secondary N) is 1. The van der Waals surface area contributed by atoms with Gasteiger partial charge in [-0.3, -0.25) is 10.1 Å². The molecule has 1 aliphatic heterocycles. The van der Waals surface area contributed by atoms with E-state index in [1.165, 1.54) is 23.9 Å². The van der Waals surface area contributed by atoms with Gasteiger partial charge in [0, 0.05) is 29.1 Å². The van der Waals surface area contributed by atoms with Crippen molar-refractivity contribution in [3.8, 4) is 22.9 Å². The number of para-hydroxylation sites is 1. The van der Waals surface area contributed by atoms with Crippen LogP contribution >= 0.6 is 11.8 Å². The molecule has 0 amide bonds. The first-order valence-electron chi connectivity index (χ1n) is 11.0. The summed E-state index contributed by atoms with van der Waals surface area (Å²) >= 11 is 1.45. The summed E-state index contributed by atoms with van der Waals surface area (Å²) in [7, 11) is 0. The first-order chi connectivity index (χ1) is 17.1. The van der Waals surface area contributed by atoms with Crippen molar-refractivity contribution >= 4 is 23.1 Å². The van der Waals surface area contributed by atoms with Crippen LogP contribution in [0.25, 0.3) is 11.3 Å². The molecule has 0 aliphatic carbocycles. The minimum absolute atomic E-state index is 0.0634. The number of rotatable bonds is 7. The average Bonchev–Trinajstić information content (AvgIpc) is 3.05. The molecule has 9 nitrogen and oxygen atoms in total. The molecule has 0 radical (unpaired) electrons. The highest BCUT2D eigenvalue weighted by molar-refractivity contribution is 7.98. The largest absolute Gasteiger partial charge is 0.493 e. The van der Waals surface area contributed by atoms with Gasteiger partial charge in [-0.15, -0.1) is 10.2 Å². The minimum atomic E-state index is -0.803. The SMILES string of the molecule is CCOc1ccc([N+](=O)[O-])cc1C1Nc2ccccc2-c2nnc(SCc3ccccc3)nc2O1. The highest BCUT2D eigenvalue weighted by atomic mass is 32.2. The Kier molecular flexibility index (Phi) is 6.44. The van der Waals surface area contributed by atoms with Crippen molar-refractivity contribution in [2.45, 2.75) is 24.1 Å². The number of fused-ring (bicyclic) bond motifs is 3. The van der Waals surface area contributed by atoms with E-state index in [2.05, 4.69) is 20.5 Å². The second-order valence-corrected chi connectivity index (χ2v) is 8.56. The smallest absolute Gasteiger partial charge is 0.270 e. The highest BCUT2D eigenvalue weighted by Gasteiger charge is 2.29. The first-order valence-corrected chi connectivity index (χ1v) is 12.0. The molecular formula is C25H21N5O4S. The molecule has 3 aromatic carbocycles. The number of benzene rings is 3. The lowest BCUT2D eigenvalue weighted by Gasteiger charge is -2.21. The number of hydrogen-bond donors (Lipinski definition) is 1. The Balaban J connectivity index is 1.55. The van der Waals surface area contributed by atoms with E-state index in [9.17, 15) is 10.1 Å². The Bertz CT molecular complexity index is 1370. The van der Waals surface area contributed by atoms with Crippen LogP contribution in [-0.2, 0) is 5.75 Å². The number of thioether (sulfide) groups is 1. The fourth-order valence-electron chi connectivity index (χ4n) is 3.71. The van der Waals surface area contributed by atoms with Gasteiger partial charge in [-0.2, -0.15) is 4.98 Å². The fraction of sp³-hybridized carbons (Fsp3) is 0.160. The number of nitro groups is 1. The van der Waals surface area contributed by atoms with Gasteiger partial charge in [-0.1, -0.05) is 60.3 Å². The van der Waals surface area contributed by atoms with Crippen LogP contribution in [0.2, 0.25) is 0 Å². The molecule has 1 unspecified atom stereocenters. The zero-order valence-electron chi connectivity index (χ0n) is 18.7. The molecule has 2 heterocycles. The molecule has 10 heteroatoms. The third kappa shape index (κ3) is 4.87. The summed E-state index contributed by atoms with van der Waals surface area (Å²) in [5, 5.41) is 24.0. The maximum atomic E-state index is 11.5. The van der Waals surface area contributed by atoms with Crippen molar-refractivity contribution in [2.24, 2.45) is 0 Å². The van der Waals surface area contributed by atoms with Crippen LogP contribution < -0.4 is 14.8 Å². The summed E-state index contributed by atoms with van der Waals surface area (Å²) < 4.78 is 12.1. The number of hydrogen-bond acceptors (Lipinski definition) is 9. The summed E-state index contributed by atoms with van der Waals surface area (Å²) in [6, 6.07) is 22.0. The van der Waals surface area contributed by atoms with Gasteiger partial charge in [0.2, 0.25) is 17.3 Å². The van der Waals surface area contributed by atoms with Gasteiger partial charge in [0.05, 0.1) is 17.1 Å². The topological polar surface area (TPSA) is 112 Å². The molecule has 0 spiro atoms. The van der Waals surface area contributed by atoms with E-state index in [1.54, 1.807) is 6.07 Å². The van der Waals surface area contributed by atoms with Crippen LogP contribution in [0.3, 0.4) is 0 Å². The Morgan fingerprint density at radius 3 is 2.69 bits per heavy atom. The zero-order chi connectivity index (χ0) is 24.2. The maximum Gasteiger partial charge on any atom is 0.270 e. The second kappa shape index (κ2) is 9.98. The number of aromatic nitrogens is 3. The van der Waals surface area contributed by atoms with E-state index < -0.39 is 11.2 Å². The maximum absolute atomic E-state index is 11.5. The number of non-ortho nitro benzene ring substituents is 1. The van der Waals surface area contributed by atoms with E-state index in [0.29, 0.717) is 34.5 Å². The molecule has 176 valence electrons. The van der Waals surface area contributed by atoms with Crippen LogP contribution in [0.5, 0.6) is 11.6 Å². The van der Waals surface area contributed by atoms with Crippen molar-refractivity contribution in [2.75, 3.05) is 11.9 Å². The monoisotopic (exact) mass is 487 g/mol. The van der Waals surface area contributed by atoms with E-state index in [0.717, 1.165) is 16.8 Å². The molecule has 5 rings (SSSR count). The van der Waals surface area contributed by atoms with Crippen LogP contribution in [0.15, 0.2) is 78.0 Å². The Hall–Kier alpha value is -4.18. The Morgan fingerprint density at radius 2 is 1.89 bits per heavy atom. The van der Waals surface area contributed by atoms with Crippen molar-refractivity contribution in [1.29, 1.82) is 0 Å². The Morgan fingerprint density at radius 1 is 1.09 bits per heavy atom. The second-order valence-electron chi connectivity index (χ2n) is 7.62. The normalized spacial score (nSPS) is 14.0. The lowest BCUT2D eigenvalue weighted by atomic mass is 10.1. The molecule has 35 heavy (non-hydrogen) atoms. The zero-order valence-corrected chi connectivity index (χ0v) is 19.6. The van der Waals surface area contributed by atoms with Gasteiger partial charge in [0.25, 0.3) is 5.69 Å². The van der Waals surface area contributed by atoms with Gasteiger partial charge in [0.1, 0.15) is 5.75 Å². The molecule has 0 saturated carbocycles. The summed E-state index contributed by atoms with van der Waals surface area (Å²) in [6.45, 7) is 2.25. The number of anilines is 1. The predicted molar refractivity (Wildman–Crippen MR) is 133 cm³/mol. The molecule has 0 fully saturated rings. The molecule has 0 saturated heterocycles. The third-order valence-corrected chi connectivity index (χ3v) is 6.24. The van der Waals surface area contributed by atoms with E-state index in [-0.39, 0.29) is 11.6 Å². The number of ether oxygens (including phenoxy) is 2. The quantitative estimate of drug-likeness (QED) is 0.201. The van der Waals surface area contributed by atoms with Gasteiger partial charge < -0.3 is 14.8 Å².